The van der Waals surface area contributed by atoms with Gasteiger partial charge < -0.3 is 10.6 Å². The van der Waals surface area contributed by atoms with Crippen molar-refractivity contribution in [3.8, 4) is 0 Å². The summed E-state index contributed by atoms with van der Waals surface area (Å²) >= 11 is 12.4. The largest absolute Gasteiger partial charge is 0.324 e. The summed E-state index contributed by atoms with van der Waals surface area (Å²) in [6.45, 7) is 0. The van der Waals surface area contributed by atoms with E-state index in [0.717, 1.165) is 16.8 Å². The smallest absolute Gasteiger partial charge is 0.235 e. The molecule has 8 nitrogen and oxygen atoms in total. The second-order valence-corrected chi connectivity index (χ2v) is 10.3. The first kappa shape index (κ1) is 28.1. The first-order chi connectivity index (χ1) is 20.9. The Balaban J connectivity index is 1.32. The summed E-state index contributed by atoms with van der Waals surface area (Å²) in [5, 5.41) is 16.6. The Kier molecular flexibility index (Phi) is 8.16. The number of nitrogens with one attached hydrogen (secondary N) is 3. The lowest BCUT2D eigenvalue weighted by atomic mass is 9.98. The molecule has 0 fully saturated rings. The molecule has 214 valence electrons. The maximum Gasteiger partial charge on any atom is 0.235 e. The number of aromatic nitrogens is 3. The van der Waals surface area contributed by atoms with E-state index in [1.807, 2.05) is 54.6 Å². The average Bonchev–Trinajstić information content (AvgIpc) is 3.46. The highest BCUT2D eigenvalue weighted by Gasteiger charge is 2.33. The molecule has 0 saturated heterocycles. The summed E-state index contributed by atoms with van der Waals surface area (Å²) in [6, 6.07) is 28.7. The predicted octanol–water partition coefficient (Wildman–Crippen LogP) is 7.84. The summed E-state index contributed by atoms with van der Waals surface area (Å²) in [7, 11) is 0. The summed E-state index contributed by atoms with van der Waals surface area (Å²) in [5.41, 5.74) is 3.81. The molecule has 4 aromatic carbocycles. The Morgan fingerprint density at radius 1 is 0.721 bits per heavy atom. The lowest BCUT2D eigenvalue weighted by Gasteiger charge is -2.25. The monoisotopic (exact) mass is 612 g/mol. The van der Waals surface area contributed by atoms with Crippen LogP contribution in [0.5, 0.6) is 0 Å². The number of hydrogen-bond acceptors (Lipinski definition) is 7. The van der Waals surface area contributed by atoms with Crippen molar-refractivity contribution in [1.29, 1.82) is 0 Å². The van der Waals surface area contributed by atoms with Crippen molar-refractivity contribution >= 4 is 63.9 Å². The second kappa shape index (κ2) is 12.5. The normalized spacial score (nSPS) is 14.3. The molecular formula is C31H23ClF2N8S. The first-order valence-corrected chi connectivity index (χ1v) is 14.0. The molecule has 1 atom stereocenters. The molecule has 43 heavy (non-hydrogen) atoms. The van der Waals surface area contributed by atoms with Crippen LogP contribution in [0.2, 0.25) is 5.02 Å². The van der Waals surface area contributed by atoms with Gasteiger partial charge in [-0.05, 0) is 77.9 Å². The zero-order chi connectivity index (χ0) is 29.8. The van der Waals surface area contributed by atoms with Crippen LogP contribution in [0.1, 0.15) is 23.6 Å². The Morgan fingerprint density at radius 2 is 1.26 bits per heavy atom. The molecule has 0 radical (unpaired) electrons. The van der Waals surface area contributed by atoms with Crippen LogP contribution in [0.4, 0.5) is 38.0 Å². The molecule has 5 aromatic rings. The fourth-order valence-corrected chi connectivity index (χ4v) is 5.03. The molecule has 0 amide bonds. The number of benzene rings is 4. The molecule has 1 unspecified atom stereocenters. The average molecular weight is 613 g/mol. The molecule has 0 aliphatic carbocycles. The summed E-state index contributed by atoms with van der Waals surface area (Å²) in [6.07, 6.45) is 0.571. The SMILES string of the molecule is Fc1ccc(Nc2nc(NC(=S)N3N=C(c4ccccc4)CC3c3ccccc3Cl)nc(Nc3ccc(F)cc3)n2)cc1. The summed E-state index contributed by atoms with van der Waals surface area (Å²) < 4.78 is 27.0. The molecule has 0 saturated carbocycles. The Bertz CT molecular complexity index is 1720. The quantitative estimate of drug-likeness (QED) is 0.160. The lowest BCUT2D eigenvalue weighted by molar-refractivity contribution is 0.375. The van der Waals surface area contributed by atoms with Crippen molar-refractivity contribution in [2.75, 3.05) is 16.0 Å². The highest BCUT2D eigenvalue weighted by molar-refractivity contribution is 7.80. The van der Waals surface area contributed by atoms with Crippen LogP contribution in [-0.2, 0) is 0 Å². The standard InChI is InChI=1S/C31H23ClF2N8S/c32-25-9-5-4-8-24(25)27-18-26(19-6-2-1-3-7-19)41-42(27)31(43)40-30-38-28(35-22-14-10-20(33)11-15-22)37-29(39-30)36-23-16-12-21(34)13-17-23/h1-17,27H,18H2,(H3,35,36,37,38,39,40,43). The maximum absolute atomic E-state index is 13.5. The van der Waals surface area contributed by atoms with Gasteiger partial charge in [-0.3, -0.25) is 5.32 Å². The van der Waals surface area contributed by atoms with Crippen molar-refractivity contribution < 1.29 is 8.78 Å². The fourth-order valence-electron chi connectivity index (χ4n) is 4.51. The Morgan fingerprint density at radius 3 is 1.84 bits per heavy atom. The number of hydrazone groups is 1. The zero-order valence-electron chi connectivity index (χ0n) is 22.4. The Labute approximate surface area is 256 Å². The van der Waals surface area contributed by atoms with Gasteiger partial charge >= 0.3 is 0 Å². The van der Waals surface area contributed by atoms with E-state index in [9.17, 15) is 8.78 Å². The fraction of sp³-hybridized carbons (Fsp3) is 0.0645. The van der Waals surface area contributed by atoms with E-state index in [4.69, 9.17) is 28.9 Å². The molecular weight excluding hydrogens is 590 g/mol. The molecule has 6 rings (SSSR count). The molecule has 2 heterocycles. The van der Waals surface area contributed by atoms with E-state index in [2.05, 4.69) is 30.9 Å². The first-order valence-electron chi connectivity index (χ1n) is 13.2. The summed E-state index contributed by atoms with van der Waals surface area (Å²) in [4.78, 5) is 13.4. The van der Waals surface area contributed by atoms with Gasteiger partial charge in [0.1, 0.15) is 11.6 Å². The number of hydrogen-bond donors (Lipinski definition) is 3. The third-order valence-electron chi connectivity index (χ3n) is 6.54. The van der Waals surface area contributed by atoms with Crippen molar-refractivity contribution in [1.82, 2.24) is 20.0 Å². The minimum absolute atomic E-state index is 0.121. The van der Waals surface area contributed by atoms with E-state index < -0.39 is 0 Å². The van der Waals surface area contributed by atoms with Gasteiger partial charge in [-0.1, -0.05) is 60.1 Å². The molecule has 1 aromatic heterocycles. The topological polar surface area (TPSA) is 90.4 Å². The van der Waals surface area contributed by atoms with Crippen LogP contribution in [0.25, 0.3) is 0 Å². The van der Waals surface area contributed by atoms with E-state index >= 15 is 0 Å². The molecule has 1 aliphatic heterocycles. The van der Waals surface area contributed by atoms with Gasteiger partial charge in [-0.2, -0.15) is 20.1 Å². The number of anilines is 5. The predicted molar refractivity (Wildman–Crippen MR) is 169 cm³/mol. The van der Waals surface area contributed by atoms with Gasteiger partial charge in [0.25, 0.3) is 0 Å². The zero-order valence-corrected chi connectivity index (χ0v) is 24.0. The van der Waals surface area contributed by atoms with Crippen LogP contribution < -0.4 is 16.0 Å². The van der Waals surface area contributed by atoms with Gasteiger partial charge in [0.05, 0.1) is 11.8 Å². The van der Waals surface area contributed by atoms with Crippen LogP contribution in [0, 0.1) is 11.6 Å². The minimum atomic E-state index is -0.373. The maximum atomic E-state index is 13.5. The number of nitrogens with zero attached hydrogens (tertiary/aromatic N) is 5. The highest BCUT2D eigenvalue weighted by atomic mass is 35.5. The minimum Gasteiger partial charge on any atom is -0.324 e. The van der Waals surface area contributed by atoms with Crippen molar-refractivity contribution in [3.63, 3.8) is 0 Å². The second-order valence-electron chi connectivity index (χ2n) is 9.50. The van der Waals surface area contributed by atoms with E-state index in [1.165, 1.54) is 24.3 Å². The van der Waals surface area contributed by atoms with Gasteiger partial charge in [-0.25, -0.2) is 13.8 Å². The van der Waals surface area contributed by atoms with Gasteiger partial charge in [0.2, 0.25) is 17.8 Å². The van der Waals surface area contributed by atoms with Crippen LogP contribution in [-0.4, -0.2) is 30.8 Å². The number of thiocarbonyl (C=S) groups is 1. The van der Waals surface area contributed by atoms with Crippen molar-refractivity contribution in [2.24, 2.45) is 5.10 Å². The van der Waals surface area contributed by atoms with Crippen LogP contribution in [0.3, 0.4) is 0 Å². The number of halogens is 3. The number of rotatable bonds is 7. The third kappa shape index (κ3) is 6.74. The molecule has 3 N–H and O–H groups in total. The van der Waals surface area contributed by atoms with Gasteiger partial charge in [0, 0.05) is 22.8 Å². The molecule has 0 bridgehead atoms. The van der Waals surface area contributed by atoms with Crippen molar-refractivity contribution in [3.05, 3.63) is 131 Å². The lowest BCUT2D eigenvalue weighted by Crippen LogP contribution is -2.32. The Hall–Kier alpha value is -5.00. The highest BCUT2D eigenvalue weighted by Crippen LogP contribution is 2.36. The molecule has 12 heteroatoms. The van der Waals surface area contributed by atoms with E-state index in [0.29, 0.717) is 22.8 Å². The van der Waals surface area contributed by atoms with Gasteiger partial charge in [-0.15, -0.1) is 0 Å². The third-order valence-corrected chi connectivity index (χ3v) is 7.18. The van der Waals surface area contributed by atoms with E-state index in [-0.39, 0.29) is 40.6 Å². The molecule has 0 spiro atoms. The summed E-state index contributed by atoms with van der Waals surface area (Å²) in [5.74, 6) is -0.304. The van der Waals surface area contributed by atoms with Crippen LogP contribution >= 0.6 is 23.8 Å². The van der Waals surface area contributed by atoms with E-state index in [1.54, 1.807) is 29.3 Å². The van der Waals surface area contributed by atoms with Crippen LogP contribution in [0.15, 0.2) is 108 Å². The van der Waals surface area contributed by atoms with Gasteiger partial charge in [0.15, 0.2) is 5.11 Å². The molecule has 1 aliphatic rings. The van der Waals surface area contributed by atoms with Crippen molar-refractivity contribution in [2.45, 2.75) is 12.5 Å².